The maximum Gasteiger partial charge on any atom is 0.338 e. The monoisotopic (exact) mass is 324 g/mol. The van der Waals surface area contributed by atoms with Gasteiger partial charge in [0.25, 0.3) is 0 Å². The molecule has 0 spiro atoms. The number of carbonyl (C=O) groups is 1. The van der Waals surface area contributed by atoms with Crippen LogP contribution in [0.2, 0.25) is 0 Å². The summed E-state index contributed by atoms with van der Waals surface area (Å²) in [5.41, 5.74) is 1.64. The Bertz CT molecular complexity index is 670. The lowest BCUT2D eigenvalue weighted by Crippen LogP contribution is -2.14. The fourth-order valence-corrected chi connectivity index (χ4v) is 2.18. The van der Waals surface area contributed by atoms with Crippen LogP contribution in [0.5, 0.6) is 5.75 Å². The van der Waals surface area contributed by atoms with E-state index in [0.29, 0.717) is 12.2 Å². The van der Waals surface area contributed by atoms with Crippen molar-refractivity contribution in [2.45, 2.75) is 20.3 Å². The number of carbonyl (C=O) groups excluding carboxylic acids is 1. The molecule has 0 aliphatic rings. The zero-order chi connectivity index (χ0) is 17.4. The Balaban J connectivity index is 1.84. The van der Waals surface area contributed by atoms with Gasteiger partial charge in [-0.25, -0.2) is 4.79 Å². The molecule has 126 valence electrons. The summed E-state index contributed by atoms with van der Waals surface area (Å²) in [6.07, 6.45) is 4.99. The molecule has 3 heteroatoms. The average Bonchev–Trinajstić information content (AvgIpc) is 2.61. The van der Waals surface area contributed by atoms with Crippen molar-refractivity contribution in [3.63, 3.8) is 0 Å². The maximum atomic E-state index is 11.9. The molecule has 2 aromatic carbocycles. The van der Waals surface area contributed by atoms with Crippen molar-refractivity contribution in [3.05, 3.63) is 71.8 Å². The van der Waals surface area contributed by atoms with Gasteiger partial charge < -0.3 is 9.47 Å². The summed E-state index contributed by atoms with van der Waals surface area (Å²) in [6.45, 7) is 4.65. The van der Waals surface area contributed by atoms with Gasteiger partial charge in [-0.1, -0.05) is 56.3 Å². The standard InChI is InChI=1S/C21H24O3/c1-21(2,14-13-17-9-11-19(23-3)12-10-17)15-16-24-20(22)18-7-5-4-6-8-18/h4-14H,15-16H2,1-3H3/b14-13+. The molecule has 0 fully saturated rings. The number of hydrogen-bond acceptors (Lipinski definition) is 3. The first-order chi connectivity index (χ1) is 11.5. The first-order valence-corrected chi connectivity index (χ1v) is 8.06. The Hall–Kier alpha value is -2.55. The van der Waals surface area contributed by atoms with E-state index in [0.717, 1.165) is 17.7 Å². The van der Waals surface area contributed by atoms with Gasteiger partial charge >= 0.3 is 5.97 Å². The first kappa shape index (κ1) is 17.8. The lowest BCUT2D eigenvalue weighted by molar-refractivity contribution is 0.0473. The number of methoxy groups -OCH3 is 1. The number of rotatable bonds is 7. The third-order valence-electron chi connectivity index (χ3n) is 3.83. The molecule has 3 nitrogen and oxygen atoms in total. The largest absolute Gasteiger partial charge is 0.497 e. The predicted molar refractivity (Wildman–Crippen MR) is 97.2 cm³/mol. The van der Waals surface area contributed by atoms with E-state index < -0.39 is 0 Å². The van der Waals surface area contributed by atoms with Gasteiger partial charge in [0, 0.05) is 0 Å². The first-order valence-electron chi connectivity index (χ1n) is 8.06. The molecule has 0 amide bonds. The van der Waals surface area contributed by atoms with Crippen LogP contribution in [-0.4, -0.2) is 19.7 Å². The lowest BCUT2D eigenvalue weighted by atomic mass is 9.88. The van der Waals surface area contributed by atoms with E-state index in [-0.39, 0.29) is 11.4 Å². The highest BCUT2D eigenvalue weighted by Crippen LogP contribution is 2.24. The van der Waals surface area contributed by atoms with Crippen molar-refractivity contribution < 1.29 is 14.3 Å². The van der Waals surface area contributed by atoms with Crippen molar-refractivity contribution in [2.75, 3.05) is 13.7 Å². The number of ether oxygens (including phenoxy) is 2. The molecule has 2 aromatic rings. The highest BCUT2D eigenvalue weighted by Gasteiger charge is 2.15. The van der Waals surface area contributed by atoms with E-state index in [4.69, 9.17) is 9.47 Å². The SMILES string of the molecule is COc1ccc(/C=C/C(C)(C)CCOC(=O)c2ccccc2)cc1. The molecule has 0 unspecified atom stereocenters. The molecule has 0 aliphatic carbocycles. The number of allylic oxidation sites excluding steroid dienone is 1. The molecule has 0 saturated heterocycles. The molecule has 0 aromatic heterocycles. The number of hydrogen-bond donors (Lipinski definition) is 0. The second-order valence-corrected chi connectivity index (χ2v) is 6.35. The van der Waals surface area contributed by atoms with Gasteiger partial charge in [-0.2, -0.15) is 0 Å². The van der Waals surface area contributed by atoms with Gasteiger partial charge in [0.2, 0.25) is 0 Å². The lowest BCUT2D eigenvalue weighted by Gasteiger charge is -2.20. The van der Waals surface area contributed by atoms with Gasteiger partial charge in [0.1, 0.15) is 5.75 Å². The molecule has 2 rings (SSSR count). The molecule has 0 N–H and O–H groups in total. The third kappa shape index (κ3) is 5.58. The van der Waals surface area contributed by atoms with E-state index in [1.807, 2.05) is 42.5 Å². The van der Waals surface area contributed by atoms with Crippen molar-refractivity contribution in [3.8, 4) is 5.75 Å². The van der Waals surface area contributed by atoms with Crippen molar-refractivity contribution in [1.29, 1.82) is 0 Å². The van der Waals surface area contributed by atoms with E-state index in [2.05, 4.69) is 26.0 Å². The Morgan fingerprint density at radius 3 is 2.33 bits per heavy atom. The molecule has 0 heterocycles. The summed E-state index contributed by atoms with van der Waals surface area (Å²) in [4.78, 5) is 11.9. The van der Waals surface area contributed by atoms with Crippen molar-refractivity contribution >= 4 is 12.0 Å². The normalized spacial score (nSPS) is 11.5. The fourth-order valence-electron chi connectivity index (χ4n) is 2.18. The minimum Gasteiger partial charge on any atom is -0.497 e. The number of benzene rings is 2. The minimum atomic E-state index is -0.273. The Morgan fingerprint density at radius 1 is 1.04 bits per heavy atom. The molecule has 24 heavy (non-hydrogen) atoms. The molecular weight excluding hydrogens is 300 g/mol. The molecule has 0 atom stereocenters. The smallest absolute Gasteiger partial charge is 0.338 e. The van der Waals surface area contributed by atoms with E-state index in [9.17, 15) is 4.79 Å². The van der Waals surface area contributed by atoms with E-state index >= 15 is 0 Å². The second-order valence-electron chi connectivity index (χ2n) is 6.35. The van der Waals surface area contributed by atoms with Gasteiger partial charge in [0.05, 0.1) is 19.3 Å². The summed E-state index contributed by atoms with van der Waals surface area (Å²) in [7, 11) is 1.66. The van der Waals surface area contributed by atoms with Crippen LogP contribution >= 0.6 is 0 Å². The summed E-state index contributed by atoms with van der Waals surface area (Å²) >= 11 is 0. The van der Waals surface area contributed by atoms with E-state index in [1.54, 1.807) is 19.2 Å². The van der Waals surface area contributed by atoms with E-state index in [1.165, 1.54) is 0 Å². The van der Waals surface area contributed by atoms with Crippen LogP contribution in [0.25, 0.3) is 6.08 Å². The van der Waals surface area contributed by atoms with Crippen LogP contribution in [0, 0.1) is 5.41 Å². The topological polar surface area (TPSA) is 35.5 Å². The highest BCUT2D eigenvalue weighted by atomic mass is 16.5. The van der Waals surface area contributed by atoms with Crippen molar-refractivity contribution in [2.24, 2.45) is 5.41 Å². The minimum absolute atomic E-state index is 0.0586. The quantitative estimate of drug-likeness (QED) is 0.674. The van der Waals surface area contributed by atoms with Gasteiger partial charge in [-0.3, -0.25) is 0 Å². The maximum absolute atomic E-state index is 11.9. The molecule has 0 saturated carbocycles. The van der Waals surface area contributed by atoms with Crippen LogP contribution in [0.4, 0.5) is 0 Å². The summed E-state index contributed by atoms with van der Waals surface area (Å²) in [6, 6.07) is 17.0. The fraction of sp³-hybridized carbons (Fsp3) is 0.286. The zero-order valence-corrected chi connectivity index (χ0v) is 14.5. The molecular formula is C21H24O3. The second kappa shape index (κ2) is 8.34. The summed E-state index contributed by atoms with van der Waals surface area (Å²) in [5.74, 6) is 0.574. The van der Waals surface area contributed by atoms with Crippen LogP contribution < -0.4 is 4.74 Å². The third-order valence-corrected chi connectivity index (χ3v) is 3.83. The summed E-state index contributed by atoms with van der Waals surface area (Å²) < 4.78 is 10.5. The number of esters is 1. The molecule has 0 radical (unpaired) electrons. The van der Waals surface area contributed by atoms with Gasteiger partial charge in [-0.15, -0.1) is 0 Å². The predicted octanol–water partition coefficient (Wildman–Crippen LogP) is 4.98. The average molecular weight is 324 g/mol. The van der Waals surface area contributed by atoms with Crippen molar-refractivity contribution in [1.82, 2.24) is 0 Å². The van der Waals surface area contributed by atoms with Crippen LogP contribution in [0.1, 0.15) is 36.2 Å². The Labute approximate surface area is 143 Å². The van der Waals surface area contributed by atoms with Crippen LogP contribution in [0.3, 0.4) is 0 Å². The Morgan fingerprint density at radius 2 is 1.71 bits per heavy atom. The Kier molecular flexibility index (Phi) is 6.19. The van der Waals surface area contributed by atoms with Crippen LogP contribution in [-0.2, 0) is 4.74 Å². The van der Waals surface area contributed by atoms with Gasteiger partial charge in [0.15, 0.2) is 0 Å². The van der Waals surface area contributed by atoms with Gasteiger partial charge in [-0.05, 0) is 41.7 Å². The molecule has 0 aliphatic heterocycles. The highest BCUT2D eigenvalue weighted by molar-refractivity contribution is 5.89. The van der Waals surface area contributed by atoms with Crippen LogP contribution in [0.15, 0.2) is 60.7 Å². The zero-order valence-electron chi connectivity index (χ0n) is 14.5. The summed E-state index contributed by atoms with van der Waals surface area (Å²) in [5, 5.41) is 0. The molecule has 0 bridgehead atoms.